The van der Waals surface area contributed by atoms with Crippen molar-refractivity contribution < 1.29 is 29.3 Å². The van der Waals surface area contributed by atoms with Gasteiger partial charge >= 0.3 is 12.1 Å². The highest BCUT2D eigenvalue weighted by atomic mass is 35.5. The predicted octanol–water partition coefficient (Wildman–Crippen LogP) is 4.97. The molecule has 240 valence electrons. The van der Waals surface area contributed by atoms with Crippen LogP contribution >= 0.6 is 23.4 Å². The average molecular weight is 648 g/mol. The fourth-order valence-electron chi connectivity index (χ4n) is 6.43. The second-order valence-electron chi connectivity index (χ2n) is 12.9. The number of anilines is 2. The summed E-state index contributed by atoms with van der Waals surface area (Å²) in [5, 5.41) is 23.9. The SMILES string of the molecule is C[C@@H]1OCC2(CCN(c3ncc(Sc4cccc(N5CCC(C(=O)O)CC5)c4Cl)nc3CO)CC2)[C@@H]1NC(=O)OC(C)(C)C. The molecule has 0 bridgehead atoms. The van der Waals surface area contributed by atoms with Crippen LogP contribution in [0.25, 0.3) is 0 Å². The highest BCUT2D eigenvalue weighted by molar-refractivity contribution is 7.99. The number of piperidine rings is 2. The van der Waals surface area contributed by atoms with Gasteiger partial charge in [-0.05, 0) is 65.5 Å². The molecule has 0 unspecified atom stereocenters. The molecular weight excluding hydrogens is 606 g/mol. The van der Waals surface area contributed by atoms with E-state index in [9.17, 15) is 19.8 Å². The van der Waals surface area contributed by atoms with E-state index in [1.54, 1.807) is 6.20 Å². The first-order valence-corrected chi connectivity index (χ1v) is 16.4. The van der Waals surface area contributed by atoms with E-state index in [0.717, 1.165) is 23.4 Å². The van der Waals surface area contributed by atoms with Crippen molar-refractivity contribution in [3.63, 3.8) is 0 Å². The maximum atomic E-state index is 12.6. The van der Waals surface area contributed by atoms with Gasteiger partial charge in [0.2, 0.25) is 0 Å². The number of aliphatic hydroxyl groups excluding tert-OH is 1. The number of amides is 1. The van der Waals surface area contributed by atoms with Crippen LogP contribution in [0, 0.1) is 11.3 Å². The molecule has 13 heteroatoms. The van der Waals surface area contributed by atoms with Gasteiger partial charge in [-0.2, -0.15) is 0 Å². The van der Waals surface area contributed by atoms with Crippen LogP contribution < -0.4 is 15.1 Å². The minimum atomic E-state index is -0.743. The van der Waals surface area contributed by atoms with Gasteiger partial charge in [-0.1, -0.05) is 29.4 Å². The molecule has 3 aliphatic heterocycles. The molecule has 4 heterocycles. The van der Waals surface area contributed by atoms with Gasteiger partial charge in [0.15, 0.2) is 5.82 Å². The van der Waals surface area contributed by atoms with Crippen molar-refractivity contribution in [3.05, 3.63) is 35.1 Å². The van der Waals surface area contributed by atoms with Crippen molar-refractivity contribution >= 4 is 46.9 Å². The number of carbonyl (C=O) groups excluding carboxylic acids is 1. The molecule has 11 nitrogen and oxygen atoms in total. The molecule has 44 heavy (non-hydrogen) atoms. The van der Waals surface area contributed by atoms with Crippen molar-refractivity contribution in [1.82, 2.24) is 15.3 Å². The minimum absolute atomic E-state index is 0.125. The van der Waals surface area contributed by atoms with E-state index in [1.807, 2.05) is 45.9 Å². The van der Waals surface area contributed by atoms with E-state index in [1.165, 1.54) is 11.8 Å². The zero-order chi connectivity index (χ0) is 31.6. The topological polar surface area (TPSA) is 137 Å². The molecule has 1 aromatic carbocycles. The lowest BCUT2D eigenvalue weighted by Crippen LogP contribution is -2.55. The number of halogens is 1. The number of carboxylic acids is 1. The average Bonchev–Trinajstić information content (AvgIpc) is 3.27. The lowest BCUT2D eigenvalue weighted by Gasteiger charge is -2.43. The monoisotopic (exact) mass is 647 g/mol. The fraction of sp³-hybridized carbons (Fsp3) is 0.613. The number of hydrogen-bond acceptors (Lipinski definition) is 10. The summed E-state index contributed by atoms with van der Waals surface area (Å²) in [5.41, 5.74) is 0.579. The highest BCUT2D eigenvalue weighted by Gasteiger charge is 2.50. The van der Waals surface area contributed by atoms with E-state index in [2.05, 4.69) is 15.1 Å². The zero-order valence-corrected chi connectivity index (χ0v) is 27.3. The van der Waals surface area contributed by atoms with Crippen LogP contribution in [0.1, 0.15) is 59.1 Å². The summed E-state index contributed by atoms with van der Waals surface area (Å²) in [6.45, 7) is 10.5. The number of rotatable bonds is 7. The summed E-state index contributed by atoms with van der Waals surface area (Å²) in [6.07, 6.45) is 3.89. The Labute approximate surface area is 267 Å². The lowest BCUT2D eigenvalue weighted by molar-refractivity contribution is -0.142. The zero-order valence-electron chi connectivity index (χ0n) is 25.7. The molecule has 3 fully saturated rings. The van der Waals surface area contributed by atoms with Gasteiger partial charge in [-0.25, -0.2) is 14.8 Å². The first-order valence-electron chi connectivity index (χ1n) is 15.2. The molecule has 5 rings (SSSR count). The summed E-state index contributed by atoms with van der Waals surface area (Å²) < 4.78 is 11.5. The normalized spacial score (nSPS) is 22.3. The van der Waals surface area contributed by atoms with Crippen LogP contribution in [-0.4, -0.2) is 82.8 Å². The van der Waals surface area contributed by atoms with E-state index >= 15 is 0 Å². The van der Waals surface area contributed by atoms with Crippen molar-refractivity contribution in [3.8, 4) is 0 Å². The van der Waals surface area contributed by atoms with Gasteiger partial charge in [-0.3, -0.25) is 4.79 Å². The summed E-state index contributed by atoms with van der Waals surface area (Å²) in [6, 6.07) is 5.65. The number of aromatic nitrogens is 2. The third-order valence-corrected chi connectivity index (χ3v) is 10.3. The third kappa shape index (κ3) is 7.19. The summed E-state index contributed by atoms with van der Waals surface area (Å²) >= 11 is 8.22. The number of alkyl carbamates (subject to hydrolysis) is 1. The standard InChI is InChI=1S/C31H42ClN5O6S/c1-19-26(35-29(41)43-30(2,3)4)31(18-42-19)10-14-37(15-11-31)27-21(17-38)34-24(16-33-27)44-23-7-5-6-22(25(23)32)36-12-8-20(9-13-36)28(39)40/h5-7,16,19-20,26,38H,8-15,17-18H2,1-4H3,(H,35,41)(H,39,40)/t19-,26+/m0/s1. The molecule has 2 atom stereocenters. The predicted molar refractivity (Wildman–Crippen MR) is 169 cm³/mol. The number of hydrogen-bond donors (Lipinski definition) is 3. The number of aliphatic carboxylic acids is 1. The largest absolute Gasteiger partial charge is 0.481 e. The quantitative estimate of drug-likeness (QED) is 0.375. The van der Waals surface area contributed by atoms with E-state index in [-0.39, 0.29) is 30.1 Å². The molecular formula is C31H42ClN5O6S. The maximum absolute atomic E-state index is 12.6. The number of carboxylic acid groups (broad SMARTS) is 1. The van der Waals surface area contributed by atoms with E-state index in [4.69, 9.17) is 31.0 Å². The highest BCUT2D eigenvalue weighted by Crippen LogP contribution is 2.44. The number of nitrogens with zero attached hydrogens (tertiary/aromatic N) is 4. The molecule has 1 spiro atoms. The third-order valence-electron chi connectivity index (χ3n) is 8.79. The Balaban J connectivity index is 1.25. The lowest BCUT2D eigenvalue weighted by atomic mass is 9.73. The molecule has 3 aliphatic rings. The maximum Gasteiger partial charge on any atom is 0.407 e. The number of aliphatic hydroxyl groups is 1. The van der Waals surface area contributed by atoms with Gasteiger partial charge in [0.25, 0.3) is 0 Å². The summed E-state index contributed by atoms with van der Waals surface area (Å²) in [5.74, 6) is -0.409. The molecule has 2 aromatic rings. The van der Waals surface area contributed by atoms with Gasteiger partial charge < -0.3 is 34.8 Å². The van der Waals surface area contributed by atoms with Gasteiger partial charge in [0, 0.05) is 36.5 Å². The minimum Gasteiger partial charge on any atom is -0.481 e. The van der Waals surface area contributed by atoms with Crippen molar-refractivity contribution in [2.24, 2.45) is 11.3 Å². The van der Waals surface area contributed by atoms with E-state index in [0.29, 0.717) is 67.2 Å². The summed E-state index contributed by atoms with van der Waals surface area (Å²) in [4.78, 5) is 38.5. The first kappa shape index (κ1) is 32.6. The Kier molecular flexibility index (Phi) is 9.84. The van der Waals surface area contributed by atoms with Gasteiger partial charge in [0.1, 0.15) is 16.3 Å². The molecule has 0 radical (unpaired) electrons. The van der Waals surface area contributed by atoms with Crippen LogP contribution in [0.2, 0.25) is 5.02 Å². The van der Waals surface area contributed by atoms with Gasteiger partial charge in [-0.15, -0.1) is 0 Å². The summed E-state index contributed by atoms with van der Waals surface area (Å²) in [7, 11) is 0. The smallest absolute Gasteiger partial charge is 0.407 e. The number of benzene rings is 1. The molecule has 0 saturated carbocycles. The van der Waals surface area contributed by atoms with E-state index < -0.39 is 17.7 Å². The Morgan fingerprint density at radius 3 is 2.52 bits per heavy atom. The van der Waals surface area contributed by atoms with Crippen LogP contribution in [0.4, 0.5) is 16.3 Å². The molecule has 1 amide bonds. The van der Waals surface area contributed by atoms with Crippen molar-refractivity contribution in [1.29, 1.82) is 0 Å². The Morgan fingerprint density at radius 1 is 1.18 bits per heavy atom. The Bertz CT molecular complexity index is 1360. The van der Waals surface area contributed by atoms with Crippen LogP contribution in [-0.2, 0) is 20.9 Å². The van der Waals surface area contributed by atoms with Crippen molar-refractivity contribution in [2.75, 3.05) is 42.6 Å². The van der Waals surface area contributed by atoms with Crippen LogP contribution in [0.15, 0.2) is 34.3 Å². The van der Waals surface area contributed by atoms with Crippen LogP contribution in [0.5, 0.6) is 0 Å². The second-order valence-corrected chi connectivity index (χ2v) is 14.4. The Morgan fingerprint density at radius 2 is 1.89 bits per heavy atom. The molecule has 3 N–H and O–H groups in total. The molecule has 1 aromatic heterocycles. The number of nitrogens with one attached hydrogen (secondary N) is 1. The second kappa shape index (κ2) is 13.3. The fourth-order valence-corrected chi connectivity index (χ4v) is 7.62. The van der Waals surface area contributed by atoms with Gasteiger partial charge in [0.05, 0.1) is 48.2 Å². The molecule has 3 saturated heterocycles. The number of carbonyl (C=O) groups is 2. The van der Waals surface area contributed by atoms with Crippen LogP contribution in [0.3, 0.4) is 0 Å². The van der Waals surface area contributed by atoms with Crippen molar-refractivity contribution in [2.45, 2.75) is 87.7 Å². The Hall–Kier alpha value is -2.80. The molecule has 0 aliphatic carbocycles. The number of ether oxygens (including phenoxy) is 2. The first-order chi connectivity index (χ1) is 20.9.